The third-order valence-corrected chi connectivity index (χ3v) is 6.23. The summed E-state index contributed by atoms with van der Waals surface area (Å²) in [5.41, 5.74) is 0.00188. The summed E-state index contributed by atoms with van der Waals surface area (Å²) < 4.78 is 37.3. The molecule has 1 saturated heterocycles. The van der Waals surface area contributed by atoms with Crippen molar-refractivity contribution < 1.29 is 22.5 Å². The van der Waals surface area contributed by atoms with E-state index in [1.165, 1.54) is 47.4 Å². The Morgan fingerprint density at radius 1 is 1.22 bits per heavy atom. The Bertz CT molecular complexity index is 993. The van der Waals surface area contributed by atoms with Gasteiger partial charge in [-0.1, -0.05) is 24.3 Å². The molecule has 0 N–H and O–H groups in total. The molecule has 2 aromatic rings. The Morgan fingerprint density at radius 2 is 1.96 bits per heavy atom. The highest BCUT2D eigenvalue weighted by atomic mass is 32.2. The molecule has 1 atom stereocenters. The number of nitro benzene ring substituents is 1. The molecular weight excluding hydrogens is 375 g/mol. The lowest BCUT2D eigenvalue weighted by Crippen LogP contribution is -2.40. The quantitative estimate of drug-likeness (QED) is 0.575. The number of rotatable bonds is 5. The van der Waals surface area contributed by atoms with Crippen molar-refractivity contribution in [3.63, 3.8) is 0 Å². The van der Waals surface area contributed by atoms with Gasteiger partial charge in [0, 0.05) is 18.7 Å². The molecule has 1 amide bonds. The second-order valence-corrected chi connectivity index (χ2v) is 8.62. The molecule has 9 heteroatoms. The Labute approximate surface area is 155 Å². The van der Waals surface area contributed by atoms with Crippen molar-refractivity contribution in [2.24, 2.45) is 0 Å². The summed E-state index contributed by atoms with van der Waals surface area (Å²) in [4.78, 5) is 25.0. The summed E-state index contributed by atoms with van der Waals surface area (Å²) in [6, 6.07) is 10.5. The van der Waals surface area contributed by atoms with Crippen molar-refractivity contribution in [1.29, 1.82) is 0 Å². The van der Waals surface area contributed by atoms with E-state index in [9.17, 15) is 27.7 Å². The first-order valence-electron chi connectivity index (χ1n) is 8.26. The van der Waals surface area contributed by atoms with Crippen molar-refractivity contribution in [2.45, 2.75) is 19.0 Å². The van der Waals surface area contributed by atoms with E-state index in [4.69, 9.17) is 0 Å². The van der Waals surface area contributed by atoms with Crippen LogP contribution in [-0.4, -0.2) is 41.7 Å². The van der Waals surface area contributed by atoms with Crippen LogP contribution < -0.4 is 0 Å². The molecule has 1 heterocycles. The molecule has 0 aromatic heterocycles. The van der Waals surface area contributed by atoms with Gasteiger partial charge < -0.3 is 4.90 Å². The van der Waals surface area contributed by atoms with E-state index in [0.29, 0.717) is 5.56 Å². The first-order valence-corrected chi connectivity index (χ1v) is 10.1. The number of sulfone groups is 1. The topological polar surface area (TPSA) is 97.6 Å². The second-order valence-electron chi connectivity index (χ2n) is 6.39. The maximum atomic E-state index is 13.5. The van der Waals surface area contributed by atoms with E-state index in [0.717, 1.165) is 0 Å². The van der Waals surface area contributed by atoms with Crippen molar-refractivity contribution in [2.75, 3.05) is 11.5 Å². The van der Waals surface area contributed by atoms with E-state index in [-0.39, 0.29) is 35.7 Å². The van der Waals surface area contributed by atoms with E-state index in [1.54, 1.807) is 6.07 Å². The molecule has 0 saturated carbocycles. The van der Waals surface area contributed by atoms with Gasteiger partial charge in [-0.3, -0.25) is 14.9 Å². The summed E-state index contributed by atoms with van der Waals surface area (Å²) >= 11 is 0. The van der Waals surface area contributed by atoms with E-state index in [1.807, 2.05) is 0 Å². The molecule has 3 rings (SSSR count). The number of benzene rings is 2. The molecule has 1 aliphatic rings. The maximum absolute atomic E-state index is 13.5. The van der Waals surface area contributed by atoms with Crippen LogP contribution in [0.1, 0.15) is 22.3 Å². The van der Waals surface area contributed by atoms with Gasteiger partial charge in [0.25, 0.3) is 11.6 Å². The summed E-state index contributed by atoms with van der Waals surface area (Å²) in [7, 11) is -3.28. The van der Waals surface area contributed by atoms with Crippen LogP contribution >= 0.6 is 0 Å². The number of carbonyl (C=O) groups excluding carboxylic acids is 1. The molecule has 142 valence electrons. The number of halogens is 1. The first kappa shape index (κ1) is 19.0. The van der Waals surface area contributed by atoms with Crippen LogP contribution in [0.15, 0.2) is 48.5 Å². The summed E-state index contributed by atoms with van der Waals surface area (Å²) in [6.45, 7) is -0.0389. The van der Waals surface area contributed by atoms with Gasteiger partial charge in [0.2, 0.25) is 0 Å². The Hall–Kier alpha value is -2.81. The lowest BCUT2D eigenvalue weighted by molar-refractivity contribution is -0.385. The van der Waals surface area contributed by atoms with Crippen molar-refractivity contribution in [3.8, 4) is 0 Å². The molecule has 7 nitrogen and oxygen atoms in total. The summed E-state index contributed by atoms with van der Waals surface area (Å²) in [5.74, 6) is -1.39. The van der Waals surface area contributed by atoms with Crippen LogP contribution in [0, 0.1) is 15.9 Å². The summed E-state index contributed by atoms with van der Waals surface area (Å²) in [5, 5.41) is 11.3. The van der Waals surface area contributed by atoms with Crippen molar-refractivity contribution >= 4 is 21.4 Å². The van der Waals surface area contributed by atoms with E-state index >= 15 is 0 Å². The molecule has 0 aliphatic carbocycles. The predicted molar refractivity (Wildman–Crippen MR) is 96.4 cm³/mol. The number of carbonyl (C=O) groups is 1. The average Bonchev–Trinajstić information content (AvgIpc) is 2.98. The zero-order valence-electron chi connectivity index (χ0n) is 14.2. The maximum Gasteiger partial charge on any atom is 0.282 e. The molecule has 2 aromatic carbocycles. The van der Waals surface area contributed by atoms with Crippen LogP contribution in [0.2, 0.25) is 0 Å². The molecule has 1 aliphatic heterocycles. The third kappa shape index (κ3) is 4.30. The van der Waals surface area contributed by atoms with Gasteiger partial charge in [0.1, 0.15) is 11.4 Å². The van der Waals surface area contributed by atoms with Gasteiger partial charge in [0.15, 0.2) is 9.84 Å². The van der Waals surface area contributed by atoms with Crippen molar-refractivity contribution in [3.05, 3.63) is 75.6 Å². The normalized spacial score (nSPS) is 18.2. The molecule has 27 heavy (non-hydrogen) atoms. The minimum absolute atomic E-state index is 0.0389. The monoisotopic (exact) mass is 392 g/mol. The number of hydrogen-bond donors (Lipinski definition) is 0. The highest BCUT2D eigenvalue weighted by Crippen LogP contribution is 2.26. The number of nitro groups is 1. The predicted octanol–water partition coefficient (Wildman–Crippen LogP) is 2.56. The SMILES string of the molecule is O=C(c1ccccc1[N+](=O)[O-])N(Cc1cccc(F)c1)[C@@H]1CCS(=O)(=O)C1. The molecule has 0 radical (unpaired) electrons. The van der Waals surface area contributed by atoms with Gasteiger partial charge in [-0.25, -0.2) is 12.8 Å². The van der Waals surface area contributed by atoms with Crippen LogP contribution in [-0.2, 0) is 16.4 Å². The molecular formula is C18H17FN2O5S. The van der Waals surface area contributed by atoms with Gasteiger partial charge >= 0.3 is 0 Å². The molecule has 0 bridgehead atoms. The minimum Gasteiger partial charge on any atom is -0.330 e. The van der Waals surface area contributed by atoms with Crippen LogP contribution in [0.25, 0.3) is 0 Å². The number of amides is 1. The zero-order valence-corrected chi connectivity index (χ0v) is 15.1. The summed E-state index contributed by atoms with van der Waals surface area (Å²) in [6.07, 6.45) is 0.240. The van der Waals surface area contributed by atoms with E-state index < -0.39 is 32.5 Å². The van der Waals surface area contributed by atoms with Crippen LogP contribution in [0.3, 0.4) is 0 Å². The average molecular weight is 392 g/mol. The van der Waals surface area contributed by atoms with Crippen LogP contribution in [0.5, 0.6) is 0 Å². The fraction of sp³-hybridized carbons (Fsp3) is 0.278. The first-order chi connectivity index (χ1) is 12.8. The Balaban J connectivity index is 1.99. The number of nitrogens with zero attached hydrogens (tertiary/aromatic N) is 2. The zero-order chi connectivity index (χ0) is 19.6. The highest BCUT2D eigenvalue weighted by Gasteiger charge is 2.36. The molecule has 0 unspecified atom stereocenters. The second kappa shape index (κ2) is 7.43. The molecule has 1 fully saturated rings. The minimum atomic E-state index is -3.28. The highest BCUT2D eigenvalue weighted by molar-refractivity contribution is 7.91. The van der Waals surface area contributed by atoms with Gasteiger partial charge in [-0.05, 0) is 30.2 Å². The van der Waals surface area contributed by atoms with Crippen molar-refractivity contribution in [1.82, 2.24) is 4.90 Å². The number of hydrogen-bond acceptors (Lipinski definition) is 5. The fourth-order valence-electron chi connectivity index (χ4n) is 3.19. The lowest BCUT2D eigenvalue weighted by atomic mass is 10.1. The van der Waals surface area contributed by atoms with Gasteiger partial charge in [0.05, 0.1) is 16.4 Å². The Morgan fingerprint density at radius 3 is 2.59 bits per heavy atom. The van der Waals surface area contributed by atoms with E-state index in [2.05, 4.69) is 0 Å². The van der Waals surface area contributed by atoms with Gasteiger partial charge in [-0.2, -0.15) is 0 Å². The van der Waals surface area contributed by atoms with Gasteiger partial charge in [-0.15, -0.1) is 0 Å². The van der Waals surface area contributed by atoms with Crippen LogP contribution in [0.4, 0.5) is 10.1 Å². The lowest BCUT2D eigenvalue weighted by Gasteiger charge is -2.28. The molecule has 0 spiro atoms. The number of para-hydroxylation sites is 1. The Kier molecular flexibility index (Phi) is 5.22. The largest absolute Gasteiger partial charge is 0.330 e. The fourth-order valence-corrected chi connectivity index (χ4v) is 4.92. The smallest absolute Gasteiger partial charge is 0.282 e. The third-order valence-electron chi connectivity index (χ3n) is 4.48. The standard InChI is InChI=1S/C18H17FN2O5S/c19-14-5-3-4-13(10-14)11-20(15-8-9-27(25,26)12-15)18(22)16-6-1-2-7-17(16)21(23)24/h1-7,10,15H,8-9,11-12H2/t15-/m1/s1.